The van der Waals surface area contributed by atoms with Gasteiger partial charge in [0.05, 0.1) is 14.2 Å². The minimum Gasteiger partial charge on any atom is -0.497 e. The SMILES string of the molecule is CC.CC[C@H]1CC(C(=O)c2cc3c(c(OC)c2)CC(C2=Cc4ccc(OC)cc4C2CC2CC2)=C3)C[C@H](C)C1. The van der Waals surface area contributed by atoms with Crippen LogP contribution < -0.4 is 9.47 Å². The molecular formula is C36H46O3. The lowest BCUT2D eigenvalue weighted by molar-refractivity contribution is 0.0825. The molecule has 4 aliphatic carbocycles. The summed E-state index contributed by atoms with van der Waals surface area (Å²) >= 11 is 0. The van der Waals surface area contributed by atoms with Gasteiger partial charge >= 0.3 is 0 Å². The van der Waals surface area contributed by atoms with Crippen molar-refractivity contribution in [1.29, 1.82) is 0 Å². The third-order valence-electron chi connectivity index (χ3n) is 9.43. The topological polar surface area (TPSA) is 35.5 Å². The van der Waals surface area contributed by atoms with Crippen molar-refractivity contribution < 1.29 is 14.3 Å². The van der Waals surface area contributed by atoms with E-state index >= 15 is 0 Å². The monoisotopic (exact) mass is 526 g/mol. The van der Waals surface area contributed by atoms with Crippen LogP contribution >= 0.6 is 0 Å². The molecule has 0 heterocycles. The number of carbonyl (C=O) groups is 1. The van der Waals surface area contributed by atoms with Crippen molar-refractivity contribution in [2.75, 3.05) is 14.2 Å². The fourth-order valence-electron chi connectivity index (χ4n) is 7.26. The zero-order chi connectivity index (χ0) is 27.7. The lowest BCUT2D eigenvalue weighted by atomic mass is 9.72. The number of benzene rings is 2. The number of fused-ring (bicyclic) bond motifs is 2. The molecule has 0 bridgehead atoms. The van der Waals surface area contributed by atoms with E-state index in [0.29, 0.717) is 23.5 Å². The number of allylic oxidation sites excluding steroid dienone is 2. The summed E-state index contributed by atoms with van der Waals surface area (Å²) in [5, 5.41) is 0. The molecule has 6 rings (SSSR count). The Morgan fingerprint density at radius 1 is 0.923 bits per heavy atom. The first-order valence-electron chi connectivity index (χ1n) is 15.3. The first-order chi connectivity index (χ1) is 19.0. The highest BCUT2D eigenvalue weighted by Gasteiger charge is 2.36. The highest BCUT2D eigenvalue weighted by molar-refractivity contribution is 5.99. The first-order valence-corrected chi connectivity index (χ1v) is 15.3. The minimum absolute atomic E-state index is 0.131. The molecule has 208 valence electrons. The molecule has 0 spiro atoms. The van der Waals surface area contributed by atoms with Crippen LogP contribution in [0.4, 0.5) is 0 Å². The maximum Gasteiger partial charge on any atom is 0.166 e. The van der Waals surface area contributed by atoms with E-state index in [1.807, 2.05) is 19.9 Å². The van der Waals surface area contributed by atoms with Crippen molar-refractivity contribution in [3.05, 3.63) is 69.3 Å². The number of rotatable bonds is 8. The van der Waals surface area contributed by atoms with Gasteiger partial charge in [-0.2, -0.15) is 0 Å². The smallest absolute Gasteiger partial charge is 0.166 e. The molecule has 3 heteroatoms. The second-order valence-electron chi connectivity index (χ2n) is 12.1. The maximum atomic E-state index is 13.7. The molecule has 2 saturated carbocycles. The summed E-state index contributed by atoms with van der Waals surface area (Å²) in [4.78, 5) is 13.7. The Bertz CT molecular complexity index is 1280. The summed E-state index contributed by atoms with van der Waals surface area (Å²) < 4.78 is 11.5. The van der Waals surface area contributed by atoms with E-state index in [1.165, 1.54) is 59.9 Å². The van der Waals surface area contributed by atoms with Gasteiger partial charge in [-0.15, -0.1) is 0 Å². The van der Waals surface area contributed by atoms with Crippen LogP contribution in [0.3, 0.4) is 0 Å². The molecule has 0 radical (unpaired) electrons. The van der Waals surface area contributed by atoms with Gasteiger partial charge in [0.25, 0.3) is 0 Å². The summed E-state index contributed by atoms with van der Waals surface area (Å²) in [6.07, 6.45) is 14.0. The van der Waals surface area contributed by atoms with Crippen molar-refractivity contribution in [3.63, 3.8) is 0 Å². The van der Waals surface area contributed by atoms with E-state index in [4.69, 9.17) is 9.47 Å². The second kappa shape index (κ2) is 11.7. The number of Topliss-reactive ketones (excluding diaryl/α,β-unsaturated/α-hetero) is 1. The normalized spacial score (nSPS) is 25.1. The van der Waals surface area contributed by atoms with Crippen LogP contribution in [0.5, 0.6) is 11.5 Å². The Morgan fingerprint density at radius 3 is 2.41 bits per heavy atom. The van der Waals surface area contributed by atoms with Crippen LogP contribution in [0.1, 0.15) is 111 Å². The summed E-state index contributed by atoms with van der Waals surface area (Å²) in [5.74, 6) is 4.76. The van der Waals surface area contributed by atoms with Crippen LogP contribution in [0.25, 0.3) is 12.2 Å². The third-order valence-corrected chi connectivity index (χ3v) is 9.43. The second-order valence-corrected chi connectivity index (χ2v) is 12.1. The predicted molar refractivity (Wildman–Crippen MR) is 162 cm³/mol. The molecule has 0 N–H and O–H groups in total. The molecule has 2 aromatic carbocycles. The predicted octanol–water partition coefficient (Wildman–Crippen LogP) is 9.30. The molecule has 0 aromatic heterocycles. The third kappa shape index (κ3) is 5.60. The van der Waals surface area contributed by atoms with Gasteiger partial charge in [-0.3, -0.25) is 4.79 Å². The maximum absolute atomic E-state index is 13.7. The summed E-state index contributed by atoms with van der Waals surface area (Å²) in [5.41, 5.74) is 8.73. The van der Waals surface area contributed by atoms with E-state index in [2.05, 4.69) is 50.3 Å². The van der Waals surface area contributed by atoms with Gasteiger partial charge in [0.15, 0.2) is 5.78 Å². The Hall–Kier alpha value is -2.81. The van der Waals surface area contributed by atoms with E-state index in [9.17, 15) is 4.79 Å². The van der Waals surface area contributed by atoms with Gasteiger partial charge in [0.2, 0.25) is 0 Å². The summed E-state index contributed by atoms with van der Waals surface area (Å²) in [6, 6.07) is 10.7. The Balaban J connectivity index is 0.00000151. The van der Waals surface area contributed by atoms with Gasteiger partial charge in [0, 0.05) is 29.4 Å². The fourth-order valence-corrected chi connectivity index (χ4v) is 7.26. The molecular weight excluding hydrogens is 480 g/mol. The van der Waals surface area contributed by atoms with Gasteiger partial charge in [-0.1, -0.05) is 65.2 Å². The molecule has 0 amide bonds. The van der Waals surface area contributed by atoms with Crippen LogP contribution in [0.15, 0.2) is 41.5 Å². The Labute approximate surface area is 235 Å². The fraction of sp³-hybridized carbons (Fsp3) is 0.528. The molecule has 2 aromatic rings. The van der Waals surface area contributed by atoms with Gasteiger partial charge in [0.1, 0.15) is 11.5 Å². The minimum atomic E-state index is 0.131. The molecule has 2 fully saturated rings. The average molecular weight is 527 g/mol. The van der Waals surface area contributed by atoms with E-state index in [1.54, 1.807) is 14.2 Å². The Kier molecular flexibility index (Phi) is 8.35. The van der Waals surface area contributed by atoms with Crippen LogP contribution in [-0.2, 0) is 6.42 Å². The van der Waals surface area contributed by atoms with Crippen molar-refractivity contribution in [2.24, 2.45) is 23.7 Å². The van der Waals surface area contributed by atoms with Crippen molar-refractivity contribution in [1.82, 2.24) is 0 Å². The highest BCUT2D eigenvalue weighted by Crippen LogP contribution is 2.51. The van der Waals surface area contributed by atoms with E-state index in [-0.39, 0.29) is 5.92 Å². The lowest BCUT2D eigenvalue weighted by Gasteiger charge is -2.32. The first kappa shape index (κ1) is 27.7. The highest BCUT2D eigenvalue weighted by atomic mass is 16.5. The number of ketones is 1. The van der Waals surface area contributed by atoms with Gasteiger partial charge in [-0.25, -0.2) is 0 Å². The summed E-state index contributed by atoms with van der Waals surface area (Å²) in [6.45, 7) is 8.57. The van der Waals surface area contributed by atoms with Crippen molar-refractivity contribution in [2.45, 2.75) is 85.0 Å². The number of ether oxygens (including phenoxy) is 2. The lowest BCUT2D eigenvalue weighted by Crippen LogP contribution is -2.27. The van der Waals surface area contributed by atoms with E-state index < -0.39 is 0 Å². The zero-order valence-electron chi connectivity index (χ0n) is 24.8. The molecule has 0 aliphatic heterocycles. The quantitative estimate of drug-likeness (QED) is 0.322. The van der Waals surface area contributed by atoms with E-state index in [0.717, 1.165) is 47.8 Å². The van der Waals surface area contributed by atoms with Crippen molar-refractivity contribution >= 4 is 17.9 Å². The van der Waals surface area contributed by atoms with Gasteiger partial charge < -0.3 is 9.47 Å². The molecule has 4 atom stereocenters. The summed E-state index contributed by atoms with van der Waals surface area (Å²) in [7, 11) is 3.49. The van der Waals surface area contributed by atoms with Gasteiger partial charge in [-0.05, 0) is 95.5 Å². The van der Waals surface area contributed by atoms with Crippen molar-refractivity contribution in [3.8, 4) is 11.5 Å². The molecule has 39 heavy (non-hydrogen) atoms. The average Bonchev–Trinajstić information content (AvgIpc) is 3.57. The molecule has 4 aliphatic rings. The largest absolute Gasteiger partial charge is 0.497 e. The zero-order valence-corrected chi connectivity index (χ0v) is 24.8. The van der Waals surface area contributed by atoms with Crippen LogP contribution in [-0.4, -0.2) is 20.0 Å². The van der Waals surface area contributed by atoms with Crippen LogP contribution in [0.2, 0.25) is 0 Å². The number of hydrogen-bond acceptors (Lipinski definition) is 3. The Morgan fingerprint density at radius 2 is 1.72 bits per heavy atom. The number of methoxy groups -OCH3 is 2. The number of hydrogen-bond donors (Lipinski definition) is 0. The van der Waals surface area contributed by atoms with Crippen LogP contribution in [0, 0.1) is 23.7 Å². The molecule has 3 nitrogen and oxygen atoms in total. The molecule has 2 unspecified atom stereocenters. The standard InChI is InChI=1S/C34H40O3.C2H6/c1-5-21-10-20(2)11-26(12-21)34(35)27-15-24-14-25(17-31(24)33(18-27)37-4)29-16-23-8-9-28(36-3)19-30(23)32(29)13-22-6-7-22;1-2/h8-9,14-16,18-22,26,32H,5-7,10-13,17H2,1-4H3;1-2H3/t20-,21-,26?,32?;/m1./s1. The number of carbonyl (C=O) groups excluding carboxylic acids is 1. The molecule has 0 saturated heterocycles.